The first-order valence-corrected chi connectivity index (χ1v) is 8.18. The zero-order chi connectivity index (χ0) is 18.0. The Morgan fingerprint density at radius 2 is 1.68 bits per heavy atom. The highest BCUT2D eigenvalue weighted by Crippen LogP contribution is 2.41. The Kier molecular flexibility index (Phi) is 4.59. The summed E-state index contributed by atoms with van der Waals surface area (Å²) in [4.78, 5) is 15.9. The van der Waals surface area contributed by atoms with Gasteiger partial charge in [-0.3, -0.25) is 10.1 Å². The van der Waals surface area contributed by atoms with Crippen LogP contribution < -0.4 is 5.32 Å². The number of rotatable bonds is 3. The van der Waals surface area contributed by atoms with E-state index in [1.54, 1.807) is 61.5 Å². The Balaban J connectivity index is 1.97. The molecule has 0 unspecified atom stereocenters. The van der Waals surface area contributed by atoms with Gasteiger partial charge in [-0.15, -0.1) is 0 Å². The van der Waals surface area contributed by atoms with Gasteiger partial charge >= 0.3 is 6.18 Å². The average molecular weight is 362 g/mol. The van der Waals surface area contributed by atoms with E-state index in [-0.39, 0.29) is 10.0 Å². The molecule has 0 fully saturated rings. The van der Waals surface area contributed by atoms with E-state index in [4.69, 9.17) is 0 Å². The number of carbonyl (C=O) groups is 1. The molecule has 0 aliphatic rings. The molecule has 0 aliphatic carbocycles. The molecular formula is C18H13F3N2OS. The molecule has 1 aromatic heterocycles. The predicted molar refractivity (Wildman–Crippen MR) is 91.7 cm³/mol. The molecule has 0 spiro atoms. The standard InChI is InChI=1S/C18H13F3N2OS/c1-11-7-5-6-10-13(11)16(24)23-17-22-15(18(19,20)21)14(25-17)12-8-3-2-4-9-12/h2-10H,1H3,(H,22,23,24). The Labute approximate surface area is 146 Å². The third-order valence-electron chi connectivity index (χ3n) is 3.54. The van der Waals surface area contributed by atoms with Crippen LogP contribution in [0.5, 0.6) is 0 Å². The van der Waals surface area contributed by atoms with E-state index < -0.39 is 17.8 Å². The maximum atomic E-state index is 13.3. The van der Waals surface area contributed by atoms with Gasteiger partial charge < -0.3 is 0 Å². The van der Waals surface area contributed by atoms with Crippen molar-refractivity contribution in [2.45, 2.75) is 13.1 Å². The van der Waals surface area contributed by atoms with Crippen LogP contribution in [-0.4, -0.2) is 10.9 Å². The Morgan fingerprint density at radius 1 is 1.04 bits per heavy atom. The molecule has 0 bridgehead atoms. The van der Waals surface area contributed by atoms with E-state index in [1.807, 2.05) is 0 Å². The number of thiazole rings is 1. The first kappa shape index (κ1) is 17.2. The predicted octanol–water partition coefficient (Wildman–Crippen LogP) is 5.39. The maximum absolute atomic E-state index is 13.3. The third kappa shape index (κ3) is 3.71. The molecule has 7 heteroatoms. The molecule has 0 saturated carbocycles. The number of hydrogen-bond acceptors (Lipinski definition) is 3. The van der Waals surface area contributed by atoms with E-state index in [2.05, 4.69) is 10.3 Å². The van der Waals surface area contributed by atoms with Crippen LogP contribution >= 0.6 is 11.3 Å². The van der Waals surface area contributed by atoms with Crippen LogP contribution in [0.25, 0.3) is 10.4 Å². The van der Waals surface area contributed by atoms with Crippen LogP contribution in [0.2, 0.25) is 0 Å². The molecule has 3 nitrogen and oxygen atoms in total. The number of anilines is 1. The van der Waals surface area contributed by atoms with Gasteiger partial charge in [0.1, 0.15) is 0 Å². The molecule has 0 atom stereocenters. The van der Waals surface area contributed by atoms with Gasteiger partial charge in [-0.05, 0) is 24.1 Å². The SMILES string of the molecule is Cc1ccccc1C(=O)Nc1nc(C(F)(F)F)c(-c2ccccc2)s1. The molecule has 2 aromatic carbocycles. The molecular weight excluding hydrogens is 349 g/mol. The number of amides is 1. The molecule has 1 amide bonds. The lowest BCUT2D eigenvalue weighted by Crippen LogP contribution is -2.14. The van der Waals surface area contributed by atoms with Crippen molar-refractivity contribution < 1.29 is 18.0 Å². The minimum Gasteiger partial charge on any atom is -0.298 e. The normalized spacial score (nSPS) is 11.4. The summed E-state index contributed by atoms with van der Waals surface area (Å²) in [7, 11) is 0. The molecule has 0 radical (unpaired) electrons. The topological polar surface area (TPSA) is 42.0 Å². The number of carbonyl (C=O) groups excluding carboxylic acids is 1. The van der Waals surface area contributed by atoms with E-state index in [9.17, 15) is 18.0 Å². The molecule has 0 aliphatic heterocycles. The van der Waals surface area contributed by atoms with Gasteiger partial charge in [0, 0.05) is 5.56 Å². The number of nitrogens with zero attached hydrogens (tertiary/aromatic N) is 1. The monoisotopic (exact) mass is 362 g/mol. The molecule has 3 aromatic rings. The van der Waals surface area contributed by atoms with E-state index in [0.717, 1.165) is 16.9 Å². The third-order valence-corrected chi connectivity index (χ3v) is 4.56. The van der Waals surface area contributed by atoms with Gasteiger partial charge in [0.2, 0.25) is 0 Å². The van der Waals surface area contributed by atoms with Gasteiger partial charge in [0.25, 0.3) is 5.91 Å². The molecule has 25 heavy (non-hydrogen) atoms. The summed E-state index contributed by atoms with van der Waals surface area (Å²) in [6.07, 6.45) is -4.60. The van der Waals surface area contributed by atoms with E-state index in [0.29, 0.717) is 11.1 Å². The number of benzene rings is 2. The highest BCUT2D eigenvalue weighted by atomic mass is 32.1. The van der Waals surface area contributed by atoms with Crippen molar-refractivity contribution in [3.05, 3.63) is 71.4 Å². The molecule has 0 saturated heterocycles. The van der Waals surface area contributed by atoms with Crippen LogP contribution in [0.15, 0.2) is 54.6 Å². The second kappa shape index (κ2) is 6.68. The summed E-state index contributed by atoms with van der Waals surface area (Å²) < 4.78 is 39.9. The van der Waals surface area contributed by atoms with Crippen molar-refractivity contribution >= 4 is 22.4 Å². The highest BCUT2D eigenvalue weighted by molar-refractivity contribution is 7.19. The van der Waals surface area contributed by atoms with Crippen LogP contribution in [0.3, 0.4) is 0 Å². The molecule has 1 N–H and O–H groups in total. The highest BCUT2D eigenvalue weighted by Gasteiger charge is 2.38. The Morgan fingerprint density at radius 3 is 2.32 bits per heavy atom. The van der Waals surface area contributed by atoms with Crippen LogP contribution in [-0.2, 0) is 6.18 Å². The number of alkyl halides is 3. The maximum Gasteiger partial charge on any atom is 0.434 e. The van der Waals surface area contributed by atoms with Gasteiger partial charge in [-0.25, -0.2) is 4.98 Å². The smallest absolute Gasteiger partial charge is 0.298 e. The summed E-state index contributed by atoms with van der Waals surface area (Å²) in [5.74, 6) is -0.486. The Bertz CT molecular complexity index is 904. The van der Waals surface area contributed by atoms with Gasteiger partial charge in [-0.2, -0.15) is 13.2 Å². The molecule has 128 valence electrons. The molecule has 3 rings (SSSR count). The largest absolute Gasteiger partial charge is 0.434 e. The van der Waals surface area contributed by atoms with Crippen molar-refractivity contribution in [3.63, 3.8) is 0 Å². The van der Waals surface area contributed by atoms with Crippen molar-refractivity contribution in [1.29, 1.82) is 0 Å². The van der Waals surface area contributed by atoms with E-state index >= 15 is 0 Å². The summed E-state index contributed by atoms with van der Waals surface area (Å²) in [6.45, 7) is 1.76. The minimum absolute atomic E-state index is 0.0202. The first-order chi connectivity index (χ1) is 11.9. The summed E-state index contributed by atoms with van der Waals surface area (Å²) in [6, 6.07) is 15.0. The van der Waals surface area contributed by atoms with Crippen LogP contribution in [0, 0.1) is 6.92 Å². The van der Waals surface area contributed by atoms with Crippen LogP contribution in [0.1, 0.15) is 21.6 Å². The fourth-order valence-corrected chi connectivity index (χ4v) is 3.33. The lowest BCUT2D eigenvalue weighted by Gasteiger charge is -2.05. The number of aromatic nitrogens is 1. The second-order valence-corrected chi connectivity index (χ2v) is 6.33. The van der Waals surface area contributed by atoms with Gasteiger partial charge in [0.15, 0.2) is 10.8 Å². The van der Waals surface area contributed by atoms with Crippen LogP contribution in [0.4, 0.5) is 18.3 Å². The van der Waals surface area contributed by atoms with Crippen molar-refractivity contribution in [2.75, 3.05) is 5.32 Å². The summed E-state index contributed by atoms with van der Waals surface area (Å²) >= 11 is 0.805. The number of hydrogen-bond donors (Lipinski definition) is 1. The van der Waals surface area contributed by atoms with E-state index in [1.165, 1.54) is 0 Å². The summed E-state index contributed by atoms with van der Waals surface area (Å²) in [5.41, 5.74) is 0.538. The van der Waals surface area contributed by atoms with Gasteiger partial charge in [0.05, 0.1) is 4.88 Å². The average Bonchev–Trinajstić information content (AvgIpc) is 3.00. The van der Waals surface area contributed by atoms with Crippen molar-refractivity contribution in [2.24, 2.45) is 0 Å². The zero-order valence-corrected chi connectivity index (χ0v) is 13.9. The number of nitrogens with one attached hydrogen (secondary N) is 1. The fraction of sp³-hybridized carbons (Fsp3) is 0.111. The van der Waals surface area contributed by atoms with Gasteiger partial charge in [-0.1, -0.05) is 59.9 Å². The van der Waals surface area contributed by atoms with Crippen molar-refractivity contribution in [3.8, 4) is 10.4 Å². The number of halogens is 3. The minimum atomic E-state index is -4.60. The van der Waals surface area contributed by atoms with Crippen molar-refractivity contribution in [1.82, 2.24) is 4.98 Å². The Hall–Kier alpha value is -2.67. The summed E-state index contributed by atoms with van der Waals surface area (Å²) in [5, 5.41) is 2.39. The quantitative estimate of drug-likeness (QED) is 0.679. The lowest BCUT2D eigenvalue weighted by molar-refractivity contribution is -0.140. The second-order valence-electron chi connectivity index (χ2n) is 5.33. The zero-order valence-electron chi connectivity index (χ0n) is 13.1. The number of aryl methyl sites for hydroxylation is 1. The lowest BCUT2D eigenvalue weighted by atomic mass is 10.1. The molecule has 1 heterocycles. The first-order valence-electron chi connectivity index (χ1n) is 7.36. The fourth-order valence-electron chi connectivity index (χ4n) is 2.34.